The van der Waals surface area contributed by atoms with E-state index < -0.39 is 5.97 Å². The molecule has 0 aromatic heterocycles. The van der Waals surface area contributed by atoms with E-state index in [1.807, 2.05) is 24.3 Å². The molecule has 1 aliphatic rings. The molecule has 19 heavy (non-hydrogen) atoms. The van der Waals surface area contributed by atoms with Gasteiger partial charge in [0.1, 0.15) is 0 Å². The summed E-state index contributed by atoms with van der Waals surface area (Å²) in [6.07, 6.45) is 5.65. The lowest BCUT2D eigenvalue weighted by atomic mass is 10.1. The zero-order chi connectivity index (χ0) is 13.7. The van der Waals surface area contributed by atoms with Crippen LogP contribution >= 0.6 is 0 Å². The molecule has 0 saturated heterocycles. The average Bonchev–Trinajstić information content (AvgIpc) is 2.83. The molecule has 0 atom stereocenters. The second-order valence-electron chi connectivity index (χ2n) is 5.73. The van der Waals surface area contributed by atoms with E-state index in [1.54, 1.807) is 0 Å². The summed E-state index contributed by atoms with van der Waals surface area (Å²) in [4.78, 5) is 13.0. The van der Waals surface area contributed by atoms with Gasteiger partial charge in [0.2, 0.25) is 0 Å². The molecular weight excluding hydrogens is 238 g/mol. The topological polar surface area (TPSA) is 40.5 Å². The predicted octanol–water partition coefficient (Wildman–Crippen LogP) is 2.94. The second kappa shape index (κ2) is 6.71. The van der Waals surface area contributed by atoms with Gasteiger partial charge in [-0.05, 0) is 36.9 Å². The van der Waals surface area contributed by atoms with Crippen LogP contribution in [0, 0.1) is 5.92 Å². The highest BCUT2D eigenvalue weighted by Crippen LogP contribution is 2.25. The summed E-state index contributed by atoms with van der Waals surface area (Å²) in [6, 6.07) is 7.94. The number of carbonyl (C=O) groups is 1. The highest BCUT2D eigenvalue weighted by molar-refractivity contribution is 5.70. The van der Waals surface area contributed by atoms with E-state index in [-0.39, 0.29) is 6.42 Å². The van der Waals surface area contributed by atoms with Gasteiger partial charge < -0.3 is 10.0 Å². The fourth-order valence-corrected chi connectivity index (χ4v) is 2.95. The molecule has 2 rings (SSSR count). The molecule has 1 fully saturated rings. The third-order valence-electron chi connectivity index (χ3n) is 3.88. The Balaban J connectivity index is 1.82. The van der Waals surface area contributed by atoms with Crippen LogP contribution in [0.5, 0.6) is 0 Å². The molecule has 1 N–H and O–H groups in total. The number of hydrogen-bond donors (Lipinski definition) is 1. The van der Waals surface area contributed by atoms with E-state index in [1.165, 1.54) is 37.8 Å². The molecule has 1 aliphatic carbocycles. The number of hydrogen-bond acceptors (Lipinski definition) is 2. The Morgan fingerprint density at radius 3 is 2.37 bits per heavy atom. The van der Waals surface area contributed by atoms with Crippen molar-refractivity contribution in [1.82, 2.24) is 4.90 Å². The van der Waals surface area contributed by atoms with Crippen LogP contribution in [0.15, 0.2) is 24.3 Å². The van der Waals surface area contributed by atoms with Crippen molar-refractivity contribution in [2.45, 2.75) is 38.6 Å². The zero-order valence-electron chi connectivity index (χ0n) is 11.6. The Morgan fingerprint density at radius 2 is 1.79 bits per heavy atom. The van der Waals surface area contributed by atoms with Crippen molar-refractivity contribution in [3.05, 3.63) is 35.4 Å². The number of aliphatic carboxylic acids is 1. The first-order valence-electron chi connectivity index (χ1n) is 7.11. The minimum Gasteiger partial charge on any atom is -0.481 e. The van der Waals surface area contributed by atoms with Crippen LogP contribution in [-0.2, 0) is 17.8 Å². The van der Waals surface area contributed by atoms with Gasteiger partial charge >= 0.3 is 5.97 Å². The van der Waals surface area contributed by atoms with Crippen molar-refractivity contribution in [2.24, 2.45) is 5.92 Å². The van der Waals surface area contributed by atoms with E-state index >= 15 is 0 Å². The second-order valence-corrected chi connectivity index (χ2v) is 5.73. The first kappa shape index (κ1) is 14.1. The molecule has 0 spiro atoms. The molecular formula is C16H23NO2. The van der Waals surface area contributed by atoms with Crippen LogP contribution in [-0.4, -0.2) is 29.6 Å². The third-order valence-corrected chi connectivity index (χ3v) is 3.88. The minimum atomic E-state index is -0.772. The number of carboxylic acids is 1. The van der Waals surface area contributed by atoms with Gasteiger partial charge in [-0.2, -0.15) is 0 Å². The number of benzene rings is 1. The monoisotopic (exact) mass is 261 g/mol. The molecule has 0 unspecified atom stereocenters. The third kappa shape index (κ3) is 4.67. The standard InChI is InChI=1S/C16H23NO2/c1-17(11-14-4-2-3-5-14)12-15-8-6-13(7-9-15)10-16(18)19/h6-9,14H,2-5,10-12H2,1H3,(H,18,19). The van der Waals surface area contributed by atoms with Crippen LogP contribution in [0.1, 0.15) is 36.8 Å². The SMILES string of the molecule is CN(Cc1ccc(CC(=O)O)cc1)CC1CCCC1. The van der Waals surface area contributed by atoms with Gasteiger partial charge in [-0.25, -0.2) is 0 Å². The normalized spacial score (nSPS) is 16.1. The van der Waals surface area contributed by atoms with E-state index in [9.17, 15) is 4.79 Å². The van der Waals surface area contributed by atoms with Crippen LogP contribution in [0.25, 0.3) is 0 Å². The summed E-state index contributed by atoms with van der Waals surface area (Å²) in [5.41, 5.74) is 2.13. The maximum atomic E-state index is 10.6. The van der Waals surface area contributed by atoms with Gasteiger partial charge in [0, 0.05) is 13.1 Å². The highest BCUT2D eigenvalue weighted by Gasteiger charge is 2.16. The van der Waals surface area contributed by atoms with Crippen molar-refractivity contribution in [1.29, 1.82) is 0 Å². The van der Waals surface area contributed by atoms with E-state index in [2.05, 4.69) is 11.9 Å². The van der Waals surface area contributed by atoms with Crippen molar-refractivity contribution in [3.63, 3.8) is 0 Å². The Hall–Kier alpha value is -1.35. The molecule has 1 saturated carbocycles. The first-order valence-corrected chi connectivity index (χ1v) is 7.11. The number of rotatable bonds is 6. The summed E-state index contributed by atoms with van der Waals surface area (Å²) in [5, 5.41) is 8.73. The molecule has 0 radical (unpaired) electrons. The Bertz CT molecular complexity index is 407. The quantitative estimate of drug-likeness (QED) is 0.856. The maximum Gasteiger partial charge on any atom is 0.307 e. The molecule has 0 amide bonds. The van der Waals surface area contributed by atoms with Gasteiger partial charge in [0.25, 0.3) is 0 Å². The fourth-order valence-electron chi connectivity index (χ4n) is 2.95. The molecule has 3 nitrogen and oxygen atoms in total. The van der Waals surface area contributed by atoms with E-state index in [0.29, 0.717) is 0 Å². The first-order chi connectivity index (χ1) is 9.13. The van der Waals surface area contributed by atoms with Gasteiger partial charge in [-0.1, -0.05) is 37.1 Å². The lowest BCUT2D eigenvalue weighted by molar-refractivity contribution is -0.136. The Labute approximate surface area is 115 Å². The largest absolute Gasteiger partial charge is 0.481 e. The van der Waals surface area contributed by atoms with E-state index in [4.69, 9.17) is 5.11 Å². The molecule has 0 heterocycles. The van der Waals surface area contributed by atoms with E-state index in [0.717, 1.165) is 18.0 Å². The highest BCUT2D eigenvalue weighted by atomic mass is 16.4. The molecule has 3 heteroatoms. The molecule has 0 aliphatic heterocycles. The van der Waals surface area contributed by atoms with Crippen LogP contribution in [0.4, 0.5) is 0 Å². The van der Waals surface area contributed by atoms with Gasteiger partial charge in [0.15, 0.2) is 0 Å². The Morgan fingerprint density at radius 1 is 1.21 bits per heavy atom. The molecule has 1 aromatic rings. The zero-order valence-corrected chi connectivity index (χ0v) is 11.6. The predicted molar refractivity (Wildman–Crippen MR) is 76.1 cm³/mol. The summed E-state index contributed by atoms with van der Waals surface area (Å²) in [7, 11) is 2.17. The minimum absolute atomic E-state index is 0.109. The van der Waals surface area contributed by atoms with Crippen LogP contribution in [0.3, 0.4) is 0 Å². The van der Waals surface area contributed by atoms with Crippen molar-refractivity contribution < 1.29 is 9.90 Å². The summed E-state index contributed by atoms with van der Waals surface area (Å²) < 4.78 is 0. The average molecular weight is 261 g/mol. The molecule has 104 valence electrons. The van der Waals surface area contributed by atoms with Crippen LogP contribution in [0.2, 0.25) is 0 Å². The summed E-state index contributed by atoms with van der Waals surface area (Å²) >= 11 is 0. The molecule has 1 aromatic carbocycles. The maximum absolute atomic E-state index is 10.6. The Kier molecular flexibility index (Phi) is 4.97. The van der Waals surface area contributed by atoms with Crippen molar-refractivity contribution in [3.8, 4) is 0 Å². The molecule has 0 bridgehead atoms. The van der Waals surface area contributed by atoms with Gasteiger partial charge in [-0.15, -0.1) is 0 Å². The summed E-state index contributed by atoms with van der Waals surface area (Å²) in [5.74, 6) is 0.0994. The number of nitrogens with zero attached hydrogens (tertiary/aromatic N) is 1. The van der Waals surface area contributed by atoms with Gasteiger partial charge in [-0.3, -0.25) is 4.79 Å². The lowest BCUT2D eigenvalue weighted by Gasteiger charge is -2.20. The fraction of sp³-hybridized carbons (Fsp3) is 0.562. The summed E-state index contributed by atoms with van der Waals surface area (Å²) in [6.45, 7) is 2.13. The smallest absolute Gasteiger partial charge is 0.307 e. The number of carboxylic acid groups (broad SMARTS) is 1. The van der Waals surface area contributed by atoms with Crippen molar-refractivity contribution >= 4 is 5.97 Å². The van der Waals surface area contributed by atoms with Crippen molar-refractivity contribution in [2.75, 3.05) is 13.6 Å². The van der Waals surface area contributed by atoms with Crippen LogP contribution < -0.4 is 0 Å². The van der Waals surface area contributed by atoms with Gasteiger partial charge in [0.05, 0.1) is 6.42 Å². The lowest BCUT2D eigenvalue weighted by Crippen LogP contribution is -2.24.